The molecule has 2 aromatic carbocycles. The minimum Gasteiger partial charge on any atom is -0.456 e. The highest BCUT2D eigenvalue weighted by Gasteiger charge is 2.12. The Kier molecular flexibility index (Phi) is 8.34. The zero-order chi connectivity index (χ0) is 20.5. The van der Waals surface area contributed by atoms with Gasteiger partial charge in [0.1, 0.15) is 5.76 Å². The lowest BCUT2D eigenvalue weighted by Crippen LogP contribution is -2.10. The molecule has 0 atom stereocenters. The molecule has 1 amide bonds. The Balaban J connectivity index is 0.000000500. The summed E-state index contributed by atoms with van der Waals surface area (Å²) >= 11 is 6.03. The number of aryl methyl sites for hydroxylation is 1. The quantitative estimate of drug-likeness (QED) is 0.497. The van der Waals surface area contributed by atoms with Crippen LogP contribution in [0, 0.1) is 12.8 Å². The molecule has 0 saturated carbocycles. The minimum atomic E-state index is -0.259. The van der Waals surface area contributed by atoms with Crippen LogP contribution in [0.1, 0.15) is 54.6 Å². The topological polar surface area (TPSA) is 42.2 Å². The van der Waals surface area contributed by atoms with Crippen molar-refractivity contribution in [3.63, 3.8) is 0 Å². The van der Waals surface area contributed by atoms with Crippen molar-refractivity contribution in [3.05, 3.63) is 88.3 Å². The fourth-order valence-corrected chi connectivity index (χ4v) is 2.52. The van der Waals surface area contributed by atoms with Gasteiger partial charge in [-0.15, -0.1) is 0 Å². The maximum atomic E-state index is 12.2. The molecule has 4 heteroatoms. The zero-order valence-corrected chi connectivity index (χ0v) is 17.7. The van der Waals surface area contributed by atoms with Crippen molar-refractivity contribution in [2.45, 2.75) is 40.5 Å². The van der Waals surface area contributed by atoms with E-state index in [-0.39, 0.29) is 5.91 Å². The average Bonchev–Trinajstić information content (AvgIpc) is 3.15. The second-order valence-corrected chi connectivity index (χ2v) is 7.57. The van der Waals surface area contributed by atoms with Crippen molar-refractivity contribution in [2.75, 3.05) is 5.32 Å². The summed E-state index contributed by atoms with van der Waals surface area (Å²) in [6.45, 7) is 8.67. The lowest BCUT2D eigenvalue weighted by Gasteiger charge is -2.05. The van der Waals surface area contributed by atoms with Crippen LogP contribution in [0.2, 0.25) is 5.02 Å². The average molecular weight is 398 g/mol. The minimum absolute atomic E-state index is 0.259. The Bertz CT molecular complexity index is 885. The molecule has 3 nitrogen and oxygen atoms in total. The number of carbonyl (C=O) groups excluding carboxylic acids is 1. The second-order valence-electron chi connectivity index (χ2n) is 7.14. The molecule has 3 rings (SSSR count). The van der Waals surface area contributed by atoms with Gasteiger partial charge in [0.05, 0.1) is 0 Å². The van der Waals surface area contributed by atoms with Crippen LogP contribution in [0.25, 0.3) is 0 Å². The molecular weight excluding hydrogens is 370 g/mol. The fraction of sp³-hybridized carbons (Fsp3) is 0.292. The van der Waals surface area contributed by atoms with Gasteiger partial charge in [-0.25, -0.2) is 0 Å². The van der Waals surface area contributed by atoms with Gasteiger partial charge in [-0.05, 0) is 60.4 Å². The summed E-state index contributed by atoms with van der Waals surface area (Å²) in [5.41, 5.74) is 2.96. The Hall–Kier alpha value is -2.52. The highest BCUT2D eigenvalue weighted by atomic mass is 35.5. The van der Waals surface area contributed by atoms with Crippen molar-refractivity contribution in [2.24, 2.45) is 5.92 Å². The molecule has 0 bridgehead atoms. The van der Waals surface area contributed by atoms with Crippen LogP contribution >= 0.6 is 11.6 Å². The third-order valence-corrected chi connectivity index (χ3v) is 4.64. The number of amides is 1. The maximum absolute atomic E-state index is 12.2. The lowest BCUT2D eigenvalue weighted by molar-refractivity contribution is 0.0995. The molecule has 0 radical (unpaired) electrons. The molecule has 148 valence electrons. The lowest BCUT2D eigenvalue weighted by atomic mass is 10.0. The molecule has 0 aliphatic rings. The molecule has 0 aliphatic carbocycles. The van der Waals surface area contributed by atoms with E-state index in [0.29, 0.717) is 17.2 Å². The zero-order valence-electron chi connectivity index (χ0n) is 17.0. The number of hydrogen-bond acceptors (Lipinski definition) is 2. The molecule has 1 N–H and O–H groups in total. The van der Waals surface area contributed by atoms with Gasteiger partial charge in [-0.3, -0.25) is 4.79 Å². The van der Waals surface area contributed by atoms with Crippen molar-refractivity contribution < 1.29 is 9.21 Å². The molecule has 0 aliphatic heterocycles. The van der Waals surface area contributed by atoms with Crippen LogP contribution in [0.4, 0.5) is 5.69 Å². The summed E-state index contributed by atoms with van der Waals surface area (Å²) in [5, 5.41) is 3.50. The normalized spacial score (nSPS) is 10.4. The third-order valence-electron chi connectivity index (χ3n) is 4.41. The standard InChI is InChI=1S/C19H16ClNO2.C5H12/c1-13-7-8-15(20)11-14(13)12-17-9-10-18(23-17)19(22)21-16-5-3-2-4-6-16;1-4-5(2)3/h2-11H,12H2,1H3,(H,21,22);5H,4H2,1-3H3. The molecule has 0 fully saturated rings. The van der Waals surface area contributed by atoms with Crippen LogP contribution in [-0.2, 0) is 6.42 Å². The predicted octanol–water partition coefficient (Wildman–Crippen LogP) is 7.14. The van der Waals surface area contributed by atoms with E-state index in [0.717, 1.165) is 28.5 Å². The summed E-state index contributed by atoms with van der Waals surface area (Å²) in [5.74, 6) is 1.65. The number of halogens is 1. The summed E-state index contributed by atoms with van der Waals surface area (Å²) in [6, 6.07) is 18.6. The van der Waals surface area contributed by atoms with Crippen molar-refractivity contribution in [1.29, 1.82) is 0 Å². The molecule has 3 aromatic rings. The van der Waals surface area contributed by atoms with Crippen LogP contribution in [0.3, 0.4) is 0 Å². The van der Waals surface area contributed by atoms with Gasteiger partial charge in [-0.1, -0.05) is 63.1 Å². The highest BCUT2D eigenvalue weighted by Crippen LogP contribution is 2.20. The predicted molar refractivity (Wildman–Crippen MR) is 117 cm³/mol. The number of nitrogens with one attached hydrogen (secondary N) is 1. The van der Waals surface area contributed by atoms with E-state index in [9.17, 15) is 4.79 Å². The Morgan fingerprint density at radius 1 is 1.07 bits per heavy atom. The van der Waals surface area contributed by atoms with Crippen LogP contribution < -0.4 is 5.32 Å². The van der Waals surface area contributed by atoms with Crippen molar-refractivity contribution >= 4 is 23.2 Å². The highest BCUT2D eigenvalue weighted by molar-refractivity contribution is 6.30. The van der Waals surface area contributed by atoms with E-state index < -0.39 is 0 Å². The fourth-order valence-electron chi connectivity index (χ4n) is 2.33. The Labute approximate surface area is 172 Å². The first kappa shape index (κ1) is 21.8. The SMILES string of the molecule is CCC(C)C.Cc1ccc(Cl)cc1Cc1ccc(C(=O)Nc2ccccc2)o1. The molecular formula is C24H28ClNO2. The van der Waals surface area contributed by atoms with Gasteiger partial charge < -0.3 is 9.73 Å². The van der Waals surface area contributed by atoms with Crippen LogP contribution in [0.15, 0.2) is 65.1 Å². The number of anilines is 1. The number of rotatable bonds is 5. The molecule has 1 aromatic heterocycles. The van der Waals surface area contributed by atoms with Gasteiger partial charge in [0.2, 0.25) is 0 Å². The maximum Gasteiger partial charge on any atom is 0.291 e. The molecule has 0 unspecified atom stereocenters. The molecule has 0 saturated heterocycles. The smallest absolute Gasteiger partial charge is 0.291 e. The first-order chi connectivity index (χ1) is 13.4. The largest absolute Gasteiger partial charge is 0.456 e. The van der Waals surface area contributed by atoms with Crippen LogP contribution in [-0.4, -0.2) is 5.91 Å². The number of carbonyl (C=O) groups is 1. The van der Waals surface area contributed by atoms with Crippen molar-refractivity contribution in [1.82, 2.24) is 0 Å². The van der Waals surface area contributed by atoms with E-state index in [1.807, 2.05) is 61.5 Å². The summed E-state index contributed by atoms with van der Waals surface area (Å²) < 4.78 is 5.66. The number of benzene rings is 2. The van der Waals surface area contributed by atoms with Gasteiger partial charge in [0.25, 0.3) is 5.91 Å². The second kappa shape index (κ2) is 10.7. The van der Waals surface area contributed by atoms with Crippen molar-refractivity contribution in [3.8, 4) is 0 Å². The summed E-state index contributed by atoms with van der Waals surface area (Å²) in [7, 11) is 0. The van der Waals surface area contributed by atoms with Gasteiger partial charge in [-0.2, -0.15) is 0 Å². The van der Waals surface area contributed by atoms with E-state index >= 15 is 0 Å². The monoisotopic (exact) mass is 397 g/mol. The van der Waals surface area contributed by atoms with E-state index in [4.69, 9.17) is 16.0 Å². The van der Waals surface area contributed by atoms with Gasteiger partial charge in [0, 0.05) is 17.1 Å². The first-order valence-corrected chi connectivity index (χ1v) is 9.97. The van der Waals surface area contributed by atoms with E-state index in [1.54, 1.807) is 6.07 Å². The molecule has 1 heterocycles. The van der Waals surface area contributed by atoms with Crippen LogP contribution in [0.5, 0.6) is 0 Å². The number of hydrogen-bond donors (Lipinski definition) is 1. The van der Waals surface area contributed by atoms with E-state index in [1.165, 1.54) is 6.42 Å². The van der Waals surface area contributed by atoms with Gasteiger partial charge in [0.15, 0.2) is 5.76 Å². The van der Waals surface area contributed by atoms with E-state index in [2.05, 4.69) is 26.1 Å². The summed E-state index contributed by atoms with van der Waals surface area (Å²) in [6.07, 6.45) is 1.91. The Morgan fingerprint density at radius 2 is 1.75 bits per heavy atom. The first-order valence-electron chi connectivity index (χ1n) is 9.59. The molecule has 0 spiro atoms. The number of para-hydroxylation sites is 1. The molecule has 28 heavy (non-hydrogen) atoms. The third kappa shape index (κ3) is 6.90. The number of furan rings is 1. The summed E-state index contributed by atoms with van der Waals surface area (Å²) in [4.78, 5) is 12.2. The van der Waals surface area contributed by atoms with Gasteiger partial charge >= 0.3 is 0 Å². The Morgan fingerprint density at radius 3 is 2.39 bits per heavy atom.